The fraction of sp³-hybridized carbons (Fsp3) is 0.353. The van der Waals surface area contributed by atoms with Gasteiger partial charge >= 0.3 is 0 Å². The molecule has 1 aromatic rings. The first-order valence-electron chi connectivity index (χ1n) is 6.48. The predicted octanol–water partition coefficient (Wildman–Crippen LogP) is 4.49. The van der Waals surface area contributed by atoms with Crippen LogP contribution in [0.5, 0.6) is 0 Å². The second kappa shape index (κ2) is 4.93. The van der Waals surface area contributed by atoms with E-state index in [0.29, 0.717) is 5.92 Å². The maximum atomic E-state index is 4.16. The van der Waals surface area contributed by atoms with Crippen molar-refractivity contribution in [3.63, 3.8) is 0 Å². The van der Waals surface area contributed by atoms with E-state index in [0.717, 1.165) is 0 Å². The third-order valence-electron chi connectivity index (χ3n) is 4.16. The summed E-state index contributed by atoms with van der Waals surface area (Å²) in [5.41, 5.74) is 8.36. The number of benzene rings is 1. The number of nitrogens with zero attached hydrogens (tertiary/aromatic N) is 1. The molecule has 1 atom stereocenters. The van der Waals surface area contributed by atoms with Crippen LogP contribution in [0.1, 0.15) is 38.8 Å². The quantitative estimate of drug-likeness (QED) is 0.674. The fourth-order valence-electron chi connectivity index (χ4n) is 2.79. The van der Waals surface area contributed by atoms with Crippen LogP contribution in [-0.2, 0) is 0 Å². The van der Waals surface area contributed by atoms with Crippen LogP contribution in [0.2, 0.25) is 0 Å². The maximum absolute atomic E-state index is 4.16. The van der Waals surface area contributed by atoms with Crippen molar-refractivity contribution in [3.05, 3.63) is 52.1 Å². The molecule has 0 fully saturated rings. The largest absolute Gasteiger partial charge is 0.296 e. The predicted molar refractivity (Wildman–Crippen MR) is 80.1 cm³/mol. The Morgan fingerprint density at radius 2 is 1.72 bits per heavy atom. The first kappa shape index (κ1) is 12.8. The summed E-state index contributed by atoms with van der Waals surface area (Å²) in [6.07, 6.45) is 1.95. The van der Waals surface area contributed by atoms with Gasteiger partial charge in [-0.25, -0.2) is 0 Å². The fourth-order valence-corrected chi connectivity index (χ4v) is 2.79. The van der Waals surface area contributed by atoms with Gasteiger partial charge in [-0.2, -0.15) is 0 Å². The molecule has 0 amide bonds. The van der Waals surface area contributed by atoms with Crippen LogP contribution in [0, 0.1) is 5.92 Å². The molecule has 0 bridgehead atoms. The van der Waals surface area contributed by atoms with Gasteiger partial charge in [-0.15, -0.1) is 0 Å². The first-order valence-corrected chi connectivity index (χ1v) is 6.48. The minimum atomic E-state index is 0.511. The monoisotopic (exact) mass is 239 g/mol. The summed E-state index contributed by atoms with van der Waals surface area (Å²) in [7, 11) is 1.82. The Labute approximate surface area is 110 Å². The lowest BCUT2D eigenvalue weighted by Gasteiger charge is -2.15. The highest BCUT2D eigenvalue weighted by molar-refractivity contribution is 5.91. The summed E-state index contributed by atoms with van der Waals surface area (Å²) in [4.78, 5) is 4.16. The van der Waals surface area contributed by atoms with E-state index in [-0.39, 0.29) is 0 Å². The molecule has 1 aliphatic carbocycles. The van der Waals surface area contributed by atoms with E-state index in [9.17, 15) is 0 Å². The zero-order valence-electron chi connectivity index (χ0n) is 11.9. The molecule has 1 aromatic carbocycles. The molecule has 1 aliphatic rings. The minimum Gasteiger partial charge on any atom is -0.296 e. The van der Waals surface area contributed by atoms with Crippen LogP contribution < -0.4 is 0 Å². The van der Waals surface area contributed by atoms with Gasteiger partial charge in [0, 0.05) is 19.2 Å². The normalized spacial score (nSPS) is 20.4. The summed E-state index contributed by atoms with van der Waals surface area (Å²) in [5.74, 6) is 0.511. The van der Waals surface area contributed by atoms with Gasteiger partial charge in [0.2, 0.25) is 0 Å². The lowest BCUT2D eigenvalue weighted by atomic mass is 9.89. The average molecular weight is 239 g/mol. The summed E-state index contributed by atoms with van der Waals surface area (Å²) in [5, 5.41) is 0. The Bertz CT molecular complexity index is 559. The molecule has 18 heavy (non-hydrogen) atoms. The Morgan fingerprint density at radius 1 is 1.06 bits per heavy atom. The van der Waals surface area contributed by atoms with Crippen LogP contribution in [0.4, 0.5) is 0 Å². The summed E-state index contributed by atoms with van der Waals surface area (Å²) >= 11 is 0. The van der Waals surface area contributed by atoms with Crippen molar-refractivity contribution in [3.8, 4) is 0 Å². The van der Waals surface area contributed by atoms with E-state index in [2.05, 4.69) is 57.0 Å². The van der Waals surface area contributed by atoms with Gasteiger partial charge in [-0.05, 0) is 48.6 Å². The molecule has 1 heteroatoms. The molecule has 0 aliphatic heterocycles. The Kier molecular flexibility index (Phi) is 3.51. The smallest absolute Gasteiger partial charge is 0.0287 e. The molecule has 0 N–H and O–H groups in total. The van der Waals surface area contributed by atoms with E-state index in [1.54, 1.807) is 0 Å². The molecule has 0 aromatic heterocycles. The van der Waals surface area contributed by atoms with E-state index in [1.165, 1.54) is 33.4 Å². The van der Waals surface area contributed by atoms with Gasteiger partial charge in [0.25, 0.3) is 0 Å². The molecule has 0 spiro atoms. The lowest BCUT2D eigenvalue weighted by Crippen LogP contribution is -2.00. The number of allylic oxidation sites excluding steroid dienone is 4. The lowest BCUT2D eigenvalue weighted by molar-refractivity contribution is 0.895. The molecule has 1 nitrogen and oxygen atoms in total. The van der Waals surface area contributed by atoms with E-state index < -0.39 is 0 Å². The van der Waals surface area contributed by atoms with Crippen molar-refractivity contribution in [2.24, 2.45) is 10.9 Å². The van der Waals surface area contributed by atoms with Crippen molar-refractivity contribution in [1.29, 1.82) is 0 Å². The van der Waals surface area contributed by atoms with Crippen molar-refractivity contribution in [2.75, 3.05) is 7.05 Å². The van der Waals surface area contributed by atoms with Gasteiger partial charge < -0.3 is 0 Å². The van der Waals surface area contributed by atoms with E-state index in [1.807, 2.05) is 13.3 Å². The minimum absolute atomic E-state index is 0.511. The number of hydrogen-bond acceptors (Lipinski definition) is 1. The highest BCUT2D eigenvalue weighted by Crippen LogP contribution is 2.42. The van der Waals surface area contributed by atoms with Gasteiger partial charge in [0.15, 0.2) is 0 Å². The third-order valence-corrected chi connectivity index (χ3v) is 4.16. The third kappa shape index (κ3) is 1.94. The van der Waals surface area contributed by atoms with Crippen LogP contribution in [0.15, 0.2) is 46.0 Å². The summed E-state index contributed by atoms with van der Waals surface area (Å²) in [6, 6.07) is 8.53. The number of hydrogen-bond donors (Lipinski definition) is 0. The molecular weight excluding hydrogens is 218 g/mol. The van der Waals surface area contributed by atoms with Gasteiger partial charge in [-0.3, -0.25) is 4.99 Å². The van der Waals surface area contributed by atoms with Gasteiger partial charge in [0.05, 0.1) is 0 Å². The van der Waals surface area contributed by atoms with Crippen molar-refractivity contribution >= 4 is 11.8 Å². The summed E-state index contributed by atoms with van der Waals surface area (Å²) < 4.78 is 0. The molecule has 0 radical (unpaired) electrons. The molecule has 1 unspecified atom stereocenters. The zero-order valence-corrected chi connectivity index (χ0v) is 11.9. The maximum Gasteiger partial charge on any atom is 0.0287 e. The van der Waals surface area contributed by atoms with Crippen LogP contribution in [-0.4, -0.2) is 13.3 Å². The molecule has 0 saturated carbocycles. The number of aliphatic imine (C=N–C) groups is 1. The van der Waals surface area contributed by atoms with Crippen LogP contribution in [0.3, 0.4) is 0 Å². The zero-order chi connectivity index (χ0) is 13.3. The van der Waals surface area contributed by atoms with Crippen molar-refractivity contribution in [2.45, 2.75) is 27.7 Å². The molecule has 94 valence electrons. The molecule has 0 heterocycles. The summed E-state index contributed by atoms with van der Waals surface area (Å²) in [6.45, 7) is 9.00. The van der Waals surface area contributed by atoms with Crippen molar-refractivity contribution in [1.82, 2.24) is 0 Å². The highest BCUT2D eigenvalue weighted by Gasteiger charge is 2.25. The molecule has 0 saturated heterocycles. The standard InChI is InChI=1S/C17H21N/c1-11-12(2)14(4)17(13(11)3)16-9-7-6-8-15(16)10-18-5/h6-10,13H,1-5H3. The first-order chi connectivity index (χ1) is 8.57. The van der Waals surface area contributed by atoms with Gasteiger partial charge in [-0.1, -0.05) is 36.8 Å². The average Bonchev–Trinajstić information content (AvgIpc) is 2.56. The number of rotatable bonds is 2. The Morgan fingerprint density at radius 3 is 2.28 bits per heavy atom. The Hall–Kier alpha value is -1.63. The topological polar surface area (TPSA) is 12.4 Å². The van der Waals surface area contributed by atoms with Crippen LogP contribution >= 0.6 is 0 Å². The Balaban J connectivity index is 2.59. The molecular formula is C17H21N. The second-order valence-electron chi connectivity index (χ2n) is 5.04. The van der Waals surface area contributed by atoms with Gasteiger partial charge in [0.1, 0.15) is 0 Å². The SMILES string of the molecule is CN=Cc1ccccc1C1=C(C)C(C)=C(C)C1C. The van der Waals surface area contributed by atoms with Crippen molar-refractivity contribution < 1.29 is 0 Å². The highest BCUT2D eigenvalue weighted by atomic mass is 14.6. The molecule has 2 rings (SSSR count). The van der Waals surface area contributed by atoms with E-state index >= 15 is 0 Å². The van der Waals surface area contributed by atoms with E-state index in [4.69, 9.17) is 0 Å². The second-order valence-corrected chi connectivity index (χ2v) is 5.04. The van der Waals surface area contributed by atoms with Crippen LogP contribution in [0.25, 0.3) is 5.57 Å².